The topological polar surface area (TPSA) is 55.6 Å². The predicted octanol–water partition coefficient (Wildman–Crippen LogP) is 2.49. The molecular weight excluding hydrogens is 278 g/mol. The molecule has 0 unspecified atom stereocenters. The van der Waals surface area contributed by atoms with Crippen LogP contribution >= 0.6 is 0 Å². The Morgan fingerprint density at radius 1 is 1.18 bits per heavy atom. The molecule has 0 aliphatic heterocycles. The van der Waals surface area contributed by atoms with Crippen LogP contribution in [0.25, 0.3) is 5.65 Å². The molecule has 0 aliphatic carbocycles. The molecule has 0 saturated heterocycles. The summed E-state index contributed by atoms with van der Waals surface area (Å²) in [4.78, 5) is 16.3. The third-order valence-electron chi connectivity index (χ3n) is 3.27. The van der Waals surface area contributed by atoms with Gasteiger partial charge in [0.1, 0.15) is 23.8 Å². The molecule has 22 heavy (non-hydrogen) atoms. The maximum Gasteiger partial charge on any atom is 0.259 e. The second-order valence-corrected chi connectivity index (χ2v) is 5.00. The fraction of sp³-hybridized carbons (Fsp3) is 0.176. The van der Waals surface area contributed by atoms with Gasteiger partial charge in [0.25, 0.3) is 5.56 Å². The minimum absolute atomic E-state index is 0.104. The van der Waals surface area contributed by atoms with Gasteiger partial charge in [0, 0.05) is 12.3 Å². The lowest BCUT2D eigenvalue weighted by molar-refractivity contribution is 0.332. The standard InChI is InChI=1S/C17H17N3O2/c1-13-5-7-14(8-6-13)22-11-9-18-15-12-17(21)20-10-3-2-4-16(20)19-15/h2-8,10,12,18H,9,11H2,1H3. The van der Waals surface area contributed by atoms with Crippen LogP contribution < -0.4 is 15.6 Å². The fourth-order valence-corrected chi connectivity index (χ4v) is 2.13. The molecule has 0 radical (unpaired) electrons. The zero-order valence-corrected chi connectivity index (χ0v) is 12.3. The van der Waals surface area contributed by atoms with Gasteiger partial charge < -0.3 is 10.1 Å². The number of fused-ring (bicyclic) bond motifs is 1. The van der Waals surface area contributed by atoms with Crippen LogP contribution in [0.5, 0.6) is 5.75 Å². The normalized spacial score (nSPS) is 10.6. The molecule has 1 N–H and O–H groups in total. The highest BCUT2D eigenvalue weighted by Gasteiger charge is 2.01. The van der Waals surface area contributed by atoms with Gasteiger partial charge in [0.15, 0.2) is 0 Å². The number of anilines is 1. The van der Waals surface area contributed by atoms with Crippen LogP contribution in [0.2, 0.25) is 0 Å². The van der Waals surface area contributed by atoms with E-state index in [0.29, 0.717) is 24.6 Å². The molecule has 3 aromatic rings. The highest BCUT2D eigenvalue weighted by Crippen LogP contribution is 2.11. The van der Waals surface area contributed by atoms with E-state index in [1.54, 1.807) is 18.3 Å². The first-order valence-electron chi connectivity index (χ1n) is 7.14. The quantitative estimate of drug-likeness (QED) is 0.735. The maximum absolute atomic E-state index is 11.9. The molecule has 0 fully saturated rings. The molecule has 5 nitrogen and oxygen atoms in total. The fourth-order valence-electron chi connectivity index (χ4n) is 2.13. The minimum atomic E-state index is -0.104. The number of aryl methyl sites for hydroxylation is 1. The van der Waals surface area contributed by atoms with Crippen LogP contribution in [0, 0.1) is 6.92 Å². The molecule has 2 heterocycles. The molecule has 2 aromatic heterocycles. The Labute approximate surface area is 128 Å². The van der Waals surface area contributed by atoms with E-state index in [1.165, 1.54) is 16.0 Å². The molecule has 112 valence electrons. The van der Waals surface area contributed by atoms with Crippen LogP contribution in [0.1, 0.15) is 5.56 Å². The number of rotatable bonds is 5. The van der Waals surface area contributed by atoms with Crippen molar-refractivity contribution in [2.75, 3.05) is 18.5 Å². The Bertz CT molecular complexity index is 825. The van der Waals surface area contributed by atoms with Crippen LogP contribution in [0.15, 0.2) is 59.5 Å². The molecule has 5 heteroatoms. The monoisotopic (exact) mass is 295 g/mol. The van der Waals surface area contributed by atoms with E-state index < -0.39 is 0 Å². The second kappa shape index (κ2) is 6.30. The molecule has 0 aliphatic rings. The summed E-state index contributed by atoms with van der Waals surface area (Å²) in [7, 11) is 0. The molecular formula is C17H17N3O2. The van der Waals surface area contributed by atoms with E-state index in [1.807, 2.05) is 37.3 Å². The van der Waals surface area contributed by atoms with Crippen LogP contribution in [-0.4, -0.2) is 22.5 Å². The first-order chi connectivity index (χ1) is 10.7. The van der Waals surface area contributed by atoms with E-state index in [-0.39, 0.29) is 5.56 Å². The van der Waals surface area contributed by atoms with Crippen LogP contribution in [-0.2, 0) is 0 Å². The molecule has 1 aromatic carbocycles. The lowest BCUT2D eigenvalue weighted by atomic mass is 10.2. The van der Waals surface area contributed by atoms with E-state index in [2.05, 4.69) is 10.3 Å². The van der Waals surface area contributed by atoms with E-state index in [0.717, 1.165) is 5.75 Å². The van der Waals surface area contributed by atoms with Gasteiger partial charge in [-0.05, 0) is 31.2 Å². The van der Waals surface area contributed by atoms with Crippen molar-refractivity contribution in [2.24, 2.45) is 0 Å². The zero-order chi connectivity index (χ0) is 15.4. The first kappa shape index (κ1) is 14.1. The summed E-state index contributed by atoms with van der Waals surface area (Å²) in [6.07, 6.45) is 1.70. The number of hydrogen-bond acceptors (Lipinski definition) is 4. The highest BCUT2D eigenvalue weighted by molar-refractivity contribution is 5.46. The van der Waals surface area contributed by atoms with Crippen molar-refractivity contribution < 1.29 is 4.74 Å². The summed E-state index contributed by atoms with van der Waals surface area (Å²) in [5.74, 6) is 1.39. The SMILES string of the molecule is Cc1ccc(OCCNc2cc(=O)n3ccccc3n2)cc1. The van der Waals surface area contributed by atoms with Gasteiger partial charge in [-0.25, -0.2) is 4.98 Å². The Kier molecular flexibility index (Phi) is 4.05. The van der Waals surface area contributed by atoms with Crippen molar-refractivity contribution in [1.82, 2.24) is 9.38 Å². The molecule has 0 amide bonds. The highest BCUT2D eigenvalue weighted by atomic mass is 16.5. The van der Waals surface area contributed by atoms with Gasteiger partial charge in [0.2, 0.25) is 0 Å². The Balaban J connectivity index is 1.60. The third-order valence-corrected chi connectivity index (χ3v) is 3.27. The molecule has 0 atom stereocenters. The van der Waals surface area contributed by atoms with Gasteiger partial charge in [-0.15, -0.1) is 0 Å². The Morgan fingerprint density at radius 2 is 2.00 bits per heavy atom. The van der Waals surface area contributed by atoms with Gasteiger partial charge in [-0.1, -0.05) is 23.8 Å². The van der Waals surface area contributed by atoms with E-state index in [9.17, 15) is 4.79 Å². The summed E-state index contributed by atoms with van der Waals surface area (Å²) < 4.78 is 7.13. The summed E-state index contributed by atoms with van der Waals surface area (Å²) in [5, 5.41) is 3.11. The average Bonchev–Trinajstić information content (AvgIpc) is 2.53. The number of nitrogens with zero attached hydrogens (tertiary/aromatic N) is 2. The van der Waals surface area contributed by atoms with Crippen LogP contribution in [0.4, 0.5) is 5.82 Å². The number of benzene rings is 1. The summed E-state index contributed by atoms with van der Waals surface area (Å²) in [6.45, 7) is 3.11. The van der Waals surface area contributed by atoms with Crippen molar-refractivity contribution in [3.05, 3.63) is 70.6 Å². The average molecular weight is 295 g/mol. The lowest BCUT2D eigenvalue weighted by Gasteiger charge is -2.09. The number of ether oxygens (including phenoxy) is 1. The maximum atomic E-state index is 11.9. The molecule has 0 bridgehead atoms. The summed E-state index contributed by atoms with van der Waals surface area (Å²) in [5.41, 5.74) is 1.72. The number of nitrogens with one attached hydrogen (secondary N) is 1. The minimum Gasteiger partial charge on any atom is -0.492 e. The van der Waals surface area contributed by atoms with Crippen molar-refractivity contribution >= 4 is 11.5 Å². The van der Waals surface area contributed by atoms with Gasteiger partial charge in [0.05, 0.1) is 6.54 Å². The summed E-state index contributed by atoms with van der Waals surface area (Å²) >= 11 is 0. The molecule has 0 saturated carbocycles. The number of aromatic nitrogens is 2. The van der Waals surface area contributed by atoms with E-state index >= 15 is 0 Å². The first-order valence-corrected chi connectivity index (χ1v) is 7.14. The van der Waals surface area contributed by atoms with Gasteiger partial charge >= 0.3 is 0 Å². The number of hydrogen-bond donors (Lipinski definition) is 1. The van der Waals surface area contributed by atoms with Gasteiger partial charge in [-0.2, -0.15) is 0 Å². The second-order valence-electron chi connectivity index (χ2n) is 5.00. The molecule has 3 rings (SSSR count). The van der Waals surface area contributed by atoms with E-state index in [4.69, 9.17) is 4.74 Å². The smallest absolute Gasteiger partial charge is 0.259 e. The zero-order valence-electron chi connectivity index (χ0n) is 12.3. The van der Waals surface area contributed by atoms with Crippen molar-refractivity contribution in [3.8, 4) is 5.75 Å². The van der Waals surface area contributed by atoms with Crippen LogP contribution in [0.3, 0.4) is 0 Å². The third kappa shape index (κ3) is 3.25. The van der Waals surface area contributed by atoms with Crippen molar-refractivity contribution in [3.63, 3.8) is 0 Å². The molecule has 0 spiro atoms. The van der Waals surface area contributed by atoms with Gasteiger partial charge in [-0.3, -0.25) is 9.20 Å². The number of pyridine rings is 1. The Hall–Kier alpha value is -2.82. The van der Waals surface area contributed by atoms with Crippen molar-refractivity contribution in [1.29, 1.82) is 0 Å². The largest absolute Gasteiger partial charge is 0.492 e. The predicted molar refractivity (Wildman–Crippen MR) is 86.6 cm³/mol. The summed E-state index contributed by atoms with van der Waals surface area (Å²) in [6, 6.07) is 14.8. The van der Waals surface area contributed by atoms with Crippen molar-refractivity contribution in [2.45, 2.75) is 6.92 Å². The lowest BCUT2D eigenvalue weighted by Crippen LogP contribution is -2.18. The Morgan fingerprint density at radius 3 is 2.82 bits per heavy atom.